The van der Waals surface area contributed by atoms with Gasteiger partial charge in [0.2, 0.25) is 0 Å². The van der Waals surface area contributed by atoms with Crippen molar-refractivity contribution in [3.8, 4) is 0 Å². The standard InChI is InChI=1S/C15H23ClN2/c1-3-11-4-5-13(8-11)15(17-2)9-12-6-7-18-10-14(12)16/h6-7,10-11,13,15,17H,3-5,8-9H2,1-2H3. The van der Waals surface area contributed by atoms with Crippen molar-refractivity contribution in [2.24, 2.45) is 11.8 Å². The van der Waals surface area contributed by atoms with Crippen LogP contribution in [0.15, 0.2) is 18.5 Å². The van der Waals surface area contributed by atoms with Crippen LogP contribution in [0.1, 0.15) is 38.2 Å². The van der Waals surface area contributed by atoms with Crippen molar-refractivity contribution in [2.45, 2.75) is 45.1 Å². The molecule has 3 unspecified atom stereocenters. The van der Waals surface area contributed by atoms with E-state index < -0.39 is 0 Å². The van der Waals surface area contributed by atoms with Gasteiger partial charge in [0, 0.05) is 18.4 Å². The number of aromatic nitrogens is 1. The second-order valence-corrected chi connectivity index (χ2v) is 5.82. The fourth-order valence-electron chi connectivity index (χ4n) is 3.16. The minimum Gasteiger partial charge on any atom is -0.316 e. The molecular weight excluding hydrogens is 244 g/mol. The Morgan fingerprint density at radius 1 is 1.50 bits per heavy atom. The summed E-state index contributed by atoms with van der Waals surface area (Å²) in [4.78, 5) is 4.05. The van der Waals surface area contributed by atoms with Crippen LogP contribution < -0.4 is 5.32 Å². The lowest BCUT2D eigenvalue weighted by molar-refractivity contribution is 0.361. The molecule has 0 aliphatic heterocycles. The summed E-state index contributed by atoms with van der Waals surface area (Å²) in [6, 6.07) is 2.58. The fourth-order valence-corrected chi connectivity index (χ4v) is 3.36. The Hall–Kier alpha value is -0.600. The highest BCUT2D eigenvalue weighted by molar-refractivity contribution is 6.31. The van der Waals surface area contributed by atoms with Crippen molar-refractivity contribution < 1.29 is 0 Å². The smallest absolute Gasteiger partial charge is 0.0621 e. The molecule has 2 rings (SSSR count). The Morgan fingerprint density at radius 2 is 2.33 bits per heavy atom. The van der Waals surface area contributed by atoms with Gasteiger partial charge in [-0.2, -0.15) is 0 Å². The summed E-state index contributed by atoms with van der Waals surface area (Å²) >= 11 is 6.20. The second kappa shape index (κ2) is 6.53. The van der Waals surface area contributed by atoms with Crippen LogP contribution in [-0.2, 0) is 6.42 Å². The van der Waals surface area contributed by atoms with Gasteiger partial charge in [-0.25, -0.2) is 0 Å². The average Bonchev–Trinajstić information content (AvgIpc) is 2.86. The van der Waals surface area contributed by atoms with E-state index in [-0.39, 0.29) is 0 Å². The summed E-state index contributed by atoms with van der Waals surface area (Å²) in [5, 5.41) is 4.28. The molecule has 3 heteroatoms. The number of hydrogen-bond donors (Lipinski definition) is 1. The molecule has 0 bridgehead atoms. The zero-order valence-corrected chi connectivity index (χ0v) is 12.1. The Kier molecular flexibility index (Phi) is 5.02. The molecule has 0 radical (unpaired) electrons. The molecule has 1 aromatic heterocycles. The Labute approximate surface area is 115 Å². The van der Waals surface area contributed by atoms with Gasteiger partial charge in [-0.15, -0.1) is 0 Å². The molecule has 1 N–H and O–H groups in total. The third kappa shape index (κ3) is 3.24. The molecule has 0 saturated heterocycles. The van der Waals surface area contributed by atoms with Gasteiger partial charge in [-0.05, 0) is 49.8 Å². The molecule has 1 fully saturated rings. The highest BCUT2D eigenvalue weighted by Gasteiger charge is 2.29. The highest BCUT2D eigenvalue weighted by Crippen LogP contribution is 2.36. The van der Waals surface area contributed by atoms with Crippen molar-refractivity contribution in [2.75, 3.05) is 7.05 Å². The summed E-state index contributed by atoms with van der Waals surface area (Å²) in [6.07, 6.45) is 10.0. The van der Waals surface area contributed by atoms with E-state index in [9.17, 15) is 0 Å². The minimum absolute atomic E-state index is 0.543. The van der Waals surface area contributed by atoms with E-state index >= 15 is 0 Å². The number of rotatable bonds is 5. The predicted molar refractivity (Wildman–Crippen MR) is 76.9 cm³/mol. The highest BCUT2D eigenvalue weighted by atomic mass is 35.5. The Morgan fingerprint density at radius 3 is 2.94 bits per heavy atom. The summed E-state index contributed by atoms with van der Waals surface area (Å²) in [5.74, 6) is 1.72. The van der Waals surface area contributed by atoms with Crippen LogP contribution in [0, 0.1) is 11.8 Å². The number of nitrogens with zero attached hydrogens (tertiary/aromatic N) is 1. The Bertz CT molecular complexity index is 381. The first-order valence-corrected chi connectivity index (χ1v) is 7.38. The molecule has 0 spiro atoms. The normalized spacial score (nSPS) is 25.3. The van der Waals surface area contributed by atoms with E-state index in [1.54, 1.807) is 6.20 Å². The van der Waals surface area contributed by atoms with Crippen molar-refractivity contribution in [1.82, 2.24) is 10.3 Å². The van der Waals surface area contributed by atoms with E-state index in [4.69, 9.17) is 11.6 Å². The lowest BCUT2D eigenvalue weighted by Gasteiger charge is -2.23. The Balaban J connectivity index is 2.00. The lowest BCUT2D eigenvalue weighted by atomic mass is 9.91. The molecule has 0 amide bonds. The van der Waals surface area contributed by atoms with Gasteiger partial charge >= 0.3 is 0 Å². The molecule has 1 aliphatic carbocycles. The number of hydrogen-bond acceptors (Lipinski definition) is 2. The minimum atomic E-state index is 0.543. The number of nitrogens with one attached hydrogen (secondary N) is 1. The van der Waals surface area contributed by atoms with Crippen molar-refractivity contribution in [3.63, 3.8) is 0 Å². The zero-order chi connectivity index (χ0) is 13.0. The average molecular weight is 267 g/mol. The molecule has 3 atom stereocenters. The molecular formula is C15H23ClN2. The van der Waals surface area contributed by atoms with Crippen LogP contribution >= 0.6 is 11.6 Å². The maximum Gasteiger partial charge on any atom is 0.0621 e. The monoisotopic (exact) mass is 266 g/mol. The van der Waals surface area contributed by atoms with Gasteiger partial charge in [-0.3, -0.25) is 4.98 Å². The van der Waals surface area contributed by atoms with Gasteiger partial charge in [-0.1, -0.05) is 31.4 Å². The van der Waals surface area contributed by atoms with Gasteiger partial charge in [0.05, 0.1) is 5.02 Å². The van der Waals surface area contributed by atoms with Crippen LogP contribution in [0.2, 0.25) is 5.02 Å². The van der Waals surface area contributed by atoms with E-state index in [0.29, 0.717) is 6.04 Å². The SMILES string of the molecule is CCC1CCC(C(Cc2ccncc2Cl)NC)C1. The third-order valence-electron chi connectivity index (χ3n) is 4.40. The number of likely N-dealkylation sites (N-methyl/N-ethyl adjacent to an activating group) is 1. The van der Waals surface area contributed by atoms with Gasteiger partial charge in [0.1, 0.15) is 0 Å². The van der Waals surface area contributed by atoms with Crippen LogP contribution in [0.3, 0.4) is 0 Å². The molecule has 18 heavy (non-hydrogen) atoms. The quantitative estimate of drug-likeness (QED) is 0.879. The van der Waals surface area contributed by atoms with Crippen molar-refractivity contribution in [1.29, 1.82) is 0 Å². The molecule has 0 aromatic carbocycles. The van der Waals surface area contributed by atoms with Crippen molar-refractivity contribution in [3.05, 3.63) is 29.0 Å². The third-order valence-corrected chi connectivity index (χ3v) is 4.74. The van der Waals surface area contributed by atoms with E-state index in [1.165, 1.54) is 31.2 Å². The predicted octanol–water partition coefficient (Wildman–Crippen LogP) is 3.69. The first-order valence-electron chi connectivity index (χ1n) is 7.00. The van der Waals surface area contributed by atoms with Gasteiger partial charge in [0.25, 0.3) is 0 Å². The number of pyridine rings is 1. The molecule has 100 valence electrons. The van der Waals surface area contributed by atoms with E-state index in [1.807, 2.05) is 12.3 Å². The summed E-state index contributed by atoms with van der Waals surface area (Å²) < 4.78 is 0. The van der Waals surface area contributed by atoms with Crippen LogP contribution in [-0.4, -0.2) is 18.1 Å². The second-order valence-electron chi connectivity index (χ2n) is 5.41. The topological polar surface area (TPSA) is 24.9 Å². The molecule has 1 saturated carbocycles. The first-order chi connectivity index (χ1) is 8.74. The first kappa shape index (κ1) is 13.8. The van der Waals surface area contributed by atoms with Crippen LogP contribution in [0.25, 0.3) is 0 Å². The lowest BCUT2D eigenvalue weighted by Crippen LogP contribution is -2.34. The largest absolute Gasteiger partial charge is 0.316 e. The number of halogens is 1. The maximum atomic E-state index is 6.20. The zero-order valence-electron chi connectivity index (χ0n) is 11.3. The van der Waals surface area contributed by atoms with Gasteiger partial charge in [0.15, 0.2) is 0 Å². The van der Waals surface area contributed by atoms with E-state index in [2.05, 4.69) is 24.3 Å². The molecule has 2 nitrogen and oxygen atoms in total. The molecule has 1 aliphatic rings. The summed E-state index contributed by atoms with van der Waals surface area (Å²) in [7, 11) is 2.07. The maximum absolute atomic E-state index is 6.20. The van der Waals surface area contributed by atoms with Crippen LogP contribution in [0.4, 0.5) is 0 Å². The fraction of sp³-hybridized carbons (Fsp3) is 0.667. The van der Waals surface area contributed by atoms with Gasteiger partial charge < -0.3 is 5.32 Å². The van der Waals surface area contributed by atoms with Crippen LogP contribution in [0.5, 0.6) is 0 Å². The van der Waals surface area contributed by atoms with E-state index in [0.717, 1.165) is 23.3 Å². The summed E-state index contributed by atoms with van der Waals surface area (Å²) in [6.45, 7) is 2.31. The molecule has 1 heterocycles. The summed E-state index contributed by atoms with van der Waals surface area (Å²) in [5.41, 5.74) is 1.21. The molecule has 1 aromatic rings. The van der Waals surface area contributed by atoms with Crippen molar-refractivity contribution >= 4 is 11.6 Å².